The second-order valence-corrected chi connectivity index (χ2v) is 31.1. The predicted octanol–water partition coefficient (Wildman–Crippen LogP) is 13.4. The van der Waals surface area contributed by atoms with Crippen molar-refractivity contribution in [3.8, 4) is 0 Å². The van der Waals surface area contributed by atoms with Gasteiger partial charge in [-0.2, -0.15) is 15.3 Å². The number of anilines is 6. The number of carbonyl (C=O) groups is 3. The zero-order valence-corrected chi connectivity index (χ0v) is 62.3. The molecule has 12 aromatic rings. The maximum atomic E-state index is 13.6. The van der Waals surface area contributed by atoms with Crippen molar-refractivity contribution in [3.63, 3.8) is 0 Å². The SMILES string of the molecule is CN(C)C[C@@H](NC(=O)N1Cc2c(Nc3ncnc4ccsc34)n[nH]c2C1(C)C)c1ccccc1.CN(C)C[C@@H](OC(=O)N1Cc2c(Nc3ncnc4ccsc34)n[nH]c2C1(C)C)c1ccccc1.Cc1cc2c(Nc3n[nH]c4c3CN(C(=O)N[C@H](CN(C)C)c3ccccc3)C4(C)C)ncnc2s1. The Morgan fingerprint density at radius 2 is 0.883 bits per heavy atom. The number of thiophene rings is 3. The highest BCUT2D eigenvalue weighted by atomic mass is 32.1. The van der Waals surface area contributed by atoms with Crippen LogP contribution in [0.2, 0.25) is 0 Å². The number of nitrogens with zero attached hydrogens (tertiary/aromatic N) is 15. The van der Waals surface area contributed by atoms with Crippen molar-refractivity contribution in [2.24, 2.45) is 0 Å². The number of rotatable bonds is 18. The minimum Gasteiger partial charge on any atom is -0.440 e. The topological polar surface area (TPSA) is 303 Å². The molecule has 3 aliphatic heterocycles. The summed E-state index contributed by atoms with van der Waals surface area (Å²) in [5.41, 5.74) is 8.77. The highest BCUT2D eigenvalue weighted by Crippen LogP contribution is 2.46. The normalized spacial score (nSPS) is 15.5. The van der Waals surface area contributed by atoms with Gasteiger partial charge in [-0.15, -0.1) is 34.0 Å². The molecule has 9 aromatic heterocycles. The molecule has 0 saturated heterocycles. The number of urea groups is 2. The van der Waals surface area contributed by atoms with E-state index in [1.807, 2.05) is 212 Å². The number of benzene rings is 3. The zero-order chi connectivity index (χ0) is 72.5. The van der Waals surface area contributed by atoms with Crippen LogP contribution in [0.3, 0.4) is 0 Å². The number of nitrogens with one attached hydrogen (secondary N) is 8. The van der Waals surface area contributed by atoms with Crippen LogP contribution >= 0.6 is 34.0 Å². The molecule has 15 rings (SSSR count). The molecule has 0 fully saturated rings. The third-order valence-corrected chi connectivity index (χ3v) is 21.6. The number of amides is 5. The standard InChI is InChI=1S/C25H30N8OS.C24H28N8OS.C24H27N7O2S/c1-15-11-17-21(26-14-27-23(17)35-15)29-22-18-12-33(25(2,3)20(18)30-31-22)24(34)28-19(13-32(4)5)16-9-7-6-8-10-16;1-24(2)20-16(21(30-29-20)28-22-19-17(10-11-34-19)25-14-26-22)12-32(24)23(33)27-18(13-31(3)4)15-8-6-5-7-9-15;1-24(2)20-16(21(29-28-20)27-22-19-17(10-11-34-19)25-14-26-22)12-31(24)23(32)33-18(13-30(3)4)15-8-6-5-7-9-15/h6-11,14,19H,12-13H2,1-5H3,(H,28,34)(H2,26,27,29,30,31);5-11,14,18H,12-13H2,1-4H3,(H,27,33)(H2,25,26,28,29,30);5-11,14,18H,12-13H2,1-4H3,(H2,25,26,27,28,29)/t19-;2*18-/m111/s1. The van der Waals surface area contributed by atoms with Crippen LogP contribution < -0.4 is 26.6 Å². The van der Waals surface area contributed by atoms with Gasteiger partial charge in [0.25, 0.3) is 0 Å². The minimum atomic E-state index is -0.609. The van der Waals surface area contributed by atoms with Crippen LogP contribution in [0.15, 0.2) is 139 Å². The Morgan fingerprint density at radius 1 is 0.495 bits per heavy atom. The Labute approximate surface area is 608 Å². The number of H-pyrrole nitrogens is 3. The molecule has 30 heteroatoms. The fourth-order valence-corrected chi connectivity index (χ4v) is 15.8. The molecule has 103 heavy (non-hydrogen) atoms. The van der Waals surface area contributed by atoms with Crippen LogP contribution in [0.1, 0.15) is 115 Å². The Bertz CT molecular complexity index is 4760. The fraction of sp³-hybridized carbons (Fsp3) is 0.342. The van der Waals surface area contributed by atoms with Crippen molar-refractivity contribution in [2.75, 3.05) is 77.9 Å². The van der Waals surface area contributed by atoms with Crippen LogP contribution in [0.5, 0.6) is 0 Å². The Balaban J connectivity index is 0.000000138. The van der Waals surface area contributed by atoms with Gasteiger partial charge in [-0.1, -0.05) is 91.0 Å². The molecule has 5 amide bonds. The first-order chi connectivity index (χ1) is 49.4. The van der Waals surface area contributed by atoms with E-state index >= 15 is 0 Å². The lowest BCUT2D eigenvalue weighted by molar-refractivity contribution is 0.0258. The smallest absolute Gasteiger partial charge is 0.411 e. The summed E-state index contributed by atoms with van der Waals surface area (Å²) in [4.78, 5) is 80.4. The number of carbonyl (C=O) groups excluding carboxylic acids is 3. The summed E-state index contributed by atoms with van der Waals surface area (Å²) in [5.74, 6) is 4.14. The Hall–Kier alpha value is -10.5. The molecule has 0 radical (unpaired) electrons. The molecule has 0 aliphatic carbocycles. The second-order valence-electron chi connectivity index (χ2n) is 28.0. The highest BCUT2D eigenvalue weighted by Gasteiger charge is 2.48. The number of hydrogen-bond donors (Lipinski definition) is 8. The van der Waals surface area contributed by atoms with Gasteiger partial charge in [0.1, 0.15) is 35.7 Å². The highest BCUT2D eigenvalue weighted by molar-refractivity contribution is 7.18. The van der Waals surface area contributed by atoms with Crippen LogP contribution in [-0.4, -0.2) is 170 Å². The lowest BCUT2D eigenvalue weighted by atomic mass is 10.0. The molecule has 12 heterocycles. The first-order valence-electron chi connectivity index (χ1n) is 33.8. The van der Waals surface area contributed by atoms with Gasteiger partial charge in [0.05, 0.1) is 91.2 Å². The maximum absolute atomic E-state index is 13.6. The van der Waals surface area contributed by atoms with Gasteiger partial charge in [-0.3, -0.25) is 20.2 Å². The second kappa shape index (κ2) is 29.5. The fourth-order valence-electron chi connectivity index (χ4n) is 13.4. The monoisotopic (exact) mass is 1440 g/mol. The third kappa shape index (κ3) is 14.8. The van der Waals surface area contributed by atoms with Crippen molar-refractivity contribution in [1.82, 2.24) is 101 Å². The summed E-state index contributed by atoms with van der Waals surface area (Å²) in [6.07, 6.45) is 3.90. The molecular formula is C73H85N23O4S3. The average molecular weight is 1440 g/mol. The lowest BCUT2D eigenvalue weighted by Gasteiger charge is -2.34. The van der Waals surface area contributed by atoms with Crippen LogP contribution in [-0.2, 0) is 41.0 Å². The van der Waals surface area contributed by atoms with Gasteiger partial charge in [0.15, 0.2) is 29.1 Å². The van der Waals surface area contributed by atoms with E-state index in [1.165, 1.54) is 11.2 Å². The number of aryl methyl sites for hydroxylation is 1. The number of fused-ring (bicyclic) bond motifs is 6. The molecular weight excluding hydrogens is 1360 g/mol. The molecule has 0 saturated carbocycles. The summed E-state index contributed by atoms with van der Waals surface area (Å²) < 4.78 is 7.98. The molecule has 0 bridgehead atoms. The van der Waals surface area contributed by atoms with E-state index < -0.39 is 16.6 Å². The van der Waals surface area contributed by atoms with Crippen molar-refractivity contribution < 1.29 is 19.1 Å². The van der Waals surface area contributed by atoms with Gasteiger partial charge in [0.2, 0.25) is 0 Å². The molecule has 3 aromatic carbocycles. The Morgan fingerprint density at radius 3 is 1.32 bits per heavy atom. The molecule has 8 N–H and O–H groups in total. The Kier molecular flexibility index (Phi) is 20.3. The number of aromatic nitrogens is 12. The number of aromatic amines is 3. The third-order valence-electron chi connectivity index (χ3n) is 18.8. The first kappa shape index (κ1) is 70.9. The summed E-state index contributed by atoms with van der Waals surface area (Å²) in [5, 5.41) is 44.5. The molecule has 0 spiro atoms. The van der Waals surface area contributed by atoms with Crippen molar-refractivity contribution in [1.29, 1.82) is 0 Å². The van der Waals surface area contributed by atoms with Gasteiger partial charge in [0, 0.05) is 41.2 Å². The van der Waals surface area contributed by atoms with Crippen molar-refractivity contribution in [2.45, 2.75) is 103 Å². The van der Waals surface area contributed by atoms with E-state index in [2.05, 4.69) is 110 Å². The number of hydrogen-bond acceptors (Lipinski definition) is 22. The van der Waals surface area contributed by atoms with Crippen molar-refractivity contribution in [3.05, 3.63) is 194 Å². The molecule has 3 aliphatic rings. The van der Waals surface area contributed by atoms with E-state index in [4.69, 9.17) is 4.74 Å². The van der Waals surface area contributed by atoms with Crippen LogP contribution in [0.25, 0.3) is 30.6 Å². The van der Waals surface area contributed by atoms with Gasteiger partial charge in [-0.05, 0) is 136 Å². The minimum absolute atomic E-state index is 0.112. The van der Waals surface area contributed by atoms with Gasteiger partial charge < -0.3 is 55.8 Å². The summed E-state index contributed by atoms with van der Waals surface area (Å²) in [7, 11) is 12.0. The molecule has 534 valence electrons. The van der Waals surface area contributed by atoms with E-state index in [0.29, 0.717) is 74.2 Å². The van der Waals surface area contributed by atoms with Gasteiger partial charge >= 0.3 is 18.2 Å². The van der Waals surface area contributed by atoms with E-state index in [0.717, 1.165) is 81.1 Å². The predicted molar refractivity (Wildman–Crippen MR) is 405 cm³/mol. The molecule has 27 nitrogen and oxygen atoms in total. The lowest BCUT2D eigenvalue weighted by Crippen LogP contribution is -2.48. The number of likely N-dealkylation sites (N-methyl/N-ethyl adjacent to an activating group) is 3. The van der Waals surface area contributed by atoms with Crippen LogP contribution in [0, 0.1) is 6.92 Å². The quantitative estimate of drug-likeness (QED) is 0.0396. The number of ether oxygens (including phenoxy) is 1. The molecule has 0 unspecified atom stereocenters. The molecule has 3 atom stereocenters. The average Bonchev–Trinajstić information content (AvgIpc) is 1.60. The van der Waals surface area contributed by atoms with E-state index in [1.54, 1.807) is 51.6 Å². The largest absolute Gasteiger partial charge is 0.440 e. The van der Waals surface area contributed by atoms with Crippen LogP contribution in [0.4, 0.5) is 49.3 Å². The van der Waals surface area contributed by atoms with E-state index in [-0.39, 0.29) is 36.3 Å². The summed E-state index contributed by atoms with van der Waals surface area (Å²) in [6.45, 7) is 17.4. The zero-order valence-electron chi connectivity index (χ0n) is 59.8. The first-order valence-corrected chi connectivity index (χ1v) is 36.4. The van der Waals surface area contributed by atoms with Crippen molar-refractivity contribution >= 4 is 118 Å². The van der Waals surface area contributed by atoms with Gasteiger partial charge in [-0.25, -0.2) is 44.3 Å². The maximum Gasteiger partial charge on any atom is 0.411 e. The summed E-state index contributed by atoms with van der Waals surface area (Å²) in [6, 6.07) is 35.5. The summed E-state index contributed by atoms with van der Waals surface area (Å²) >= 11 is 4.78. The van der Waals surface area contributed by atoms with E-state index in [9.17, 15) is 14.4 Å².